The van der Waals surface area contributed by atoms with Crippen LogP contribution in [0.15, 0.2) is 65.6 Å². The summed E-state index contributed by atoms with van der Waals surface area (Å²) in [6.07, 6.45) is 9.42. The molecule has 3 aromatic rings. The minimum absolute atomic E-state index is 0.0190. The number of aromatic nitrogens is 4. The number of hydrogen-bond acceptors (Lipinski definition) is 6. The van der Waals surface area contributed by atoms with E-state index in [0.717, 1.165) is 24.2 Å². The third-order valence-corrected chi connectivity index (χ3v) is 5.06. The summed E-state index contributed by atoms with van der Waals surface area (Å²) < 4.78 is 9.35. The van der Waals surface area contributed by atoms with E-state index < -0.39 is 5.92 Å². The number of pyridine rings is 2. The maximum absolute atomic E-state index is 13.4. The quantitative estimate of drug-likeness (QED) is 0.716. The Balaban J connectivity index is 1.77. The number of aryl methyl sites for hydroxylation is 2. The maximum atomic E-state index is 13.4. The van der Waals surface area contributed by atoms with Crippen LogP contribution in [0.5, 0.6) is 5.75 Å². The largest absolute Gasteiger partial charge is 0.440 e. The number of nitrogens with two attached hydrogens (primary N) is 1. The van der Waals surface area contributed by atoms with Crippen molar-refractivity contribution < 1.29 is 4.74 Å². The molecule has 1 aliphatic heterocycles. The molecule has 0 saturated carbocycles. The maximum Gasteiger partial charge on any atom is 0.258 e. The van der Waals surface area contributed by atoms with Gasteiger partial charge < -0.3 is 19.6 Å². The van der Waals surface area contributed by atoms with Crippen LogP contribution in [0.4, 0.5) is 0 Å². The molecule has 0 radical (unpaired) electrons. The Bertz CT molecular complexity index is 1160. The molecule has 146 valence electrons. The Morgan fingerprint density at radius 2 is 2.17 bits per heavy atom. The lowest BCUT2D eigenvalue weighted by Crippen LogP contribution is -2.33. The summed E-state index contributed by atoms with van der Waals surface area (Å²) in [7, 11) is 0. The molecule has 8 heteroatoms. The summed E-state index contributed by atoms with van der Waals surface area (Å²) in [4.78, 5) is 21.6. The van der Waals surface area contributed by atoms with Crippen LogP contribution in [-0.2, 0) is 13.1 Å². The van der Waals surface area contributed by atoms with E-state index in [1.807, 2.05) is 23.8 Å². The molecule has 1 atom stereocenters. The second-order valence-corrected chi connectivity index (χ2v) is 6.89. The van der Waals surface area contributed by atoms with Crippen molar-refractivity contribution in [2.45, 2.75) is 32.4 Å². The molecule has 0 aromatic carbocycles. The third-order valence-electron chi connectivity index (χ3n) is 5.06. The molecule has 0 saturated heterocycles. The zero-order chi connectivity index (χ0) is 20.4. The minimum atomic E-state index is -0.606. The van der Waals surface area contributed by atoms with E-state index in [1.54, 1.807) is 41.6 Å². The van der Waals surface area contributed by atoms with Gasteiger partial charge in [-0.1, -0.05) is 6.07 Å². The Morgan fingerprint density at radius 1 is 1.31 bits per heavy atom. The van der Waals surface area contributed by atoms with Crippen LogP contribution < -0.4 is 16.0 Å². The van der Waals surface area contributed by atoms with Crippen molar-refractivity contribution in [2.75, 3.05) is 0 Å². The molecule has 2 N–H and O–H groups in total. The molecule has 0 bridgehead atoms. The first kappa shape index (κ1) is 18.5. The summed E-state index contributed by atoms with van der Waals surface area (Å²) in [5.41, 5.74) is 7.95. The SMILES string of the molecule is Cc1cc2c(c(=O)n1CCCn1ccnc1)[C@@H](c1cccnc1)C(C#N)=C(N)O2. The van der Waals surface area contributed by atoms with Crippen LogP contribution in [0.2, 0.25) is 0 Å². The van der Waals surface area contributed by atoms with Crippen molar-refractivity contribution in [1.29, 1.82) is 5.26 Å². The number of nitrogens with zero attached hydrogens (tertiary/aromatic N) is 5. The lowest BCUT2D eigenvalue weighted by Gasteiger charge is -2.27. The highest BCUT2D eigenvalue weighted by Crippen LogP contribution is 2.40. The van der Waals surface area contributed by atoms with E-state index in [0.29, 0.717) is 17.9 Å². The van der Waals surface area contributed by atoms with E-state index in [9.17, 15) is 10.1 Å². The monoisotopic (exact) mass is 388 g/mol. The second-order valence-electron chi connectivity index (χ2n) is 6.89. The van der Waals surface area contributed by atoms with E-state index in [-0.39, 0.29) is 17.0 Å². The van der Waals surface area contributed by atoms with E-state index in [4.69, 9.17) is 10.5 Å². The predicted molar refractivity (Wildman–Crippen MR) is 106 cm³/mol. The summed E-state index contributed by atoms with van der Waals surface area (Å²) in [5.74, 6) is -0.195. The first-order valence-electron chi connectivity index (χ1n) is 9.27. The van der Waals surface area contributed by atoms with Crippen molar-refractivity contribution >= 4 is 0 Å². The molecule has 1 aliphatic rings. The number of rotatable bonds is 5. The molecular formula is C21H20N6O2. The topological polar surface area (TPSA) is 112 Å². The van der Waals surface area contributed by atoms with Gasteiger partial charge in [-0.15, -0.1) is 0 Å². The summed E-state index contributed by atoms with van der Waals surface area (Å²) in [6.45, 7) is 3.15. The van der Waals surface area contributed by atoms with Gasteiger partial charge in [-0.25, -0.2) is 4.98 Å². The average molecular weight is 388 g/mol. The summed E-state index contributed by atoms with van der Waals surface area (Å²) in [6, 6.07) is 7.52. The van der Waals surface area contributed by atoms with E-state index >= 15 is 0 Å². The molecule has 8 nitrogen and oxygen atoms in total. The van der Waals surface area contributed by atoms with Gasteiger partial charge in [-0.3, -0.25) is 9.78 Å². The minimum Gasteiger partial charge on any atom is -0.440 e. The number of nitriles is 1. The molecule has 4 rings (SSSR count). The first-order chi connectivity index (χ1) is 14.1. The first-order valence-corrected chi connectivity index (χ1v) is 9.27. The molecule has 0 amide bonds. The van der Waals surface area contributed by atoms with Gasteiger partial charge in [0.15, 0.2) is 0 Å². The van der Waals surface area contributed by atoms with Crippen LogP contribution >= 0.6 is 0 Å². The van der Waals surface area contributed by atoms with E-state index in [1.165, 1.54) is 0 Å². The fourth-order valence-corrected chi connectivity index (χ4v) is 3.67. The van der Waals surface area contributed by atoms with Crippen molar-refractivity contribution in [3.63, 3.8) is 0 Å². The molecule has 0 spiro atoms. The fraction of sp³-hybridized carbons (Fsp3) is 0.238. The molecule has 0 aliphatic carbocycles. The molecule has 29 heavy (non-hydrogen) atoms. The highest BCUT2D eigenvalue weighted by atomic mass is 16.5. The highest BCUT2D eigenvalue weighted by Gasteiger charge is 2.34. The molecule has 0 unspecified atom stereocenters. The Labute approximate surface area is 167 Å². The smallest absolute Gasteiger partial charge is 0.258 e. The Kier molecular flexibility index (Phi) is 4.87. The standard InChI is InChI=1S/C21H20N6O2/c1-14-10-17-19(21(28)27(14)8-3-7-26-9-6-25-13-26)18(15-4-2-5-24-12-15)16(11-22)20(23)29-17/h2,4-6,9-10,12-13,18H,3,7-8,23H2,1H3/t18-/m0/s1. The van der Waals surface area contributed by atoms with Crippen molar-refractivity contribution in [3.05, 3.63) is 87.9 Å². The van der Waals surface area contributed by atoms with Crippen LogP contribution in [-0.4, -0.2) is 19.1 Å². The summed E-state index contributed by atoms with van der Waals surface area (Å²) in [5, 5.41) is 9.67. The van der Waals surface area contributed by atoms with Crippen molar-refractivity contribution in [1.82, 2.24) is 19.1 Å². The lowest BCUT2D eigenvalue weighted by atomic mass is 9.85. The Hall–Kier alpha value is -3.86. The normalized spacial score (nSPS) is 15.5. The predicted octanol–water partition coefficient (Wildman–Crippen LogP) is 2.06. The van der Waals surface area contributed by atoms with Crippen LogP contribution in [0.25, 0.3) is 0 Å². The van der Waals surface area contributed by atoms with Gasteiger partial charge in [-0.2, -0.15) is 5.26 Å². The number of hydrogen-bond donors (Lipinski definition) is 1. The molecule has 4 heterocycles. The fourth-order valence-electron chi connectivity index (χ4n) is 3.67. The van der Waals surface area contributed by atoms with Gasteiger partial charge in [0.2, 0.25) is 5.88 Å². The number of allylic oxidation sites excluding steroid dienone is 1. The number of fused-ring (bicyclic) bond motifs is 1. The van der Waals surface area contributed by atoms with Gasteiger partial charge in [-0.05, 0) is 25.0 Å². The van der Waals surface area contributed by atoms with Gasteiger partial charge in [0, 0.05) is 49.6 Å². The van der Waals surface area contributed by atoms with Gasteiger partial charge in [0.1, 0.15) is 17.4 Å². The van der Waals surface area contributed by atoms with E-state index in [2.05, 4.69) is 16.0 Å². The third kappa shape index (κ3) is 3.38. The van der Waals surface area contributed by atoms with Crippen molar-refractivity contribution in [3.8, 4) is 11.8 Å². The molecule has 3 aromatic heterocycles. The lowest BCUT2D eigenvalue weighted by molar-refractivity contribution is 0.387. The highest BCUT2D eigenvalue weighted by molar-refractivity contribution is 5.54. The zero-order valence-electron chi connectivity index (χ0n) is 15.9. The van der Waals surface area contributed by atoms with Gasteiger partial charge >= 0.3 is 0 Å². The van der Waals surface area contributed by atoms with Crippen LogP contribution in [0.3, 0.4) is 0 Å². The van der Waals surface area contributed by atoms with Gasteiger partial charge in [0.05, 0.1) is 17.8 Å². The molecule has 0 fully saturated rings. The number of ether oxygens (including phenoxy) is 1. The average Bonchev–Trinajstić information content (AvgIpc) is 3.23. The van der Waals surface area contributed by atoms with Gasteiger partial charge in [0.25, 0.3) is 5.56 Å². The second kappa shape index (κ2) is 7.64. The van der Waals surface area contributed by atoms with Crippen molar-refractivity contribution in [2.24, 2.45) is 5.73 Å². The Morgan fingerprint density at radius 3 is 2.86 bits per heavy atom. The van der Waals surface area contributed by atoms with Crippen LogP contribution in [0.1, 0.15) is 29.2 Å². The molecular weight excluding hydrogens is 368 g/mol. The zero-order valence-corrected chi connectivity index (χ0v) is 15.9. The van der Waals surface area contributed by atoms with Crippen LogP contribution in [0, 0.1) is 18.3 Å². The summed E-state index contributed by atoms with van der Waals surface area (Å²) >= 11 is 0. The number of imidazole rings is 1.